The van der Waals surface area contributed by atoms with Gasteiger partial charge in [0, 0.05) is 5.69 Å². The Morgan fingerprint density at radius 2 is 1.89 bits per heavy atom. The van der Waals surface area contributed by atoms with Gasteiger partial charge in [0.15, 0.2) is 0 Å². The van der Waals surface area contributed by atoms with E-state index < -0.39 is 5.92 Å². The number of carbonyl (C=O) groups excluding carboxylic acids is 1. The van der Waals surface area contributed by atoms with Crippen molar-refractivity contribution in [2.75, 3.05) is 5.32 Å². The summed E-state index contributed by atoms with van der Waals surface area (Å²) in [7, 11) is 0. The molecule has 0 bridgehead atoms. The summed E-state index contributed by atoms with van der Waals surface area (Å²) in [6, 6.07) is 7.84. The first-order valence-corrected chi connectivity index (χ1v) is 6.56. The van der Waals surface area contributed by atoms with Crippen LogP contribution >= 0.6 is 12.2 Å². The molecule has 0 fully saturated rings. The first-order valence-electron chi connectivity index (χ1n) is 6.15. The van der Waals surface area contributed by atoms with Gasteiger partial charge >= 0.3 is 0 Å². The van der Waals surface area contributed by atoms with Crippen molar-refractivity contribution < 1.29 is 4.79 Å². The van der Waals surface area contributed by atoms with Crippen LogP contribution in [0.2, 0.25) is 0 Å². The monoisotopic (exact) mass is 264 g/mol. The Balaban J connectivity index is 2.73. The van der Waals surface area contributed by atoms with Crippen molar-refractivity contribution in [3.8, 4) is 0 Å². The zero-order chi connectivity index (χ0) is 13.7. The van der Waals surface area contributed by atoms with E-state index in [9.17, 15) is 4.79 Å². The number of nitrogens with two attached hydrogens (primary N) is 1. The molecule has 1 aromatic carbocycles. The van der Waals surface area contributed by atoms with Gasteiger partial charge in [0.2, 0.25) is 5.91 Å². The molecule has 0 saturated carbocycles. The van der Waals surface area contributed by atoms with Crippen LogP contribution in [0.4, 0.5) is 5.69 Å². The smallest absolute Gasteiger partial charge is 0.234 e. The molecule has 0 spiro atoms. The molecule has 4 heteroatoms. The van der Waals surface area contributed by atoms with Crippen molar-refractivity contribution in [3.63, 3.8) is 0 Å². The molecule has 0 aliphatic heterocycles. The summed E-state index contributed by atoms with van der Waals surface area (Å²) in [4.78, 5) is 12.2. The highest BCUT2D eigenvalue weighted by molar-refractivity contribution is 7.80. The summed E-state index contributed by atoms with van der Waals surface area (Å²) in [5.74, 6) is -0.0539. The minimum absolute atomic E-state index is 0.137. The third-order valence-electron chi connectivity index (χ3n) is 2.91. The highest BCUT2D eigenvalue weighted by Crippen LogP contribution is 2.18. The molecule has 1 unspecified atom stereocenters. The predicted molar refractivity (Wildman–Crippen MR) is 79.7 cm³/mol. The lowest BCUT2D eigenvalue weighted by molar-refractivity contribution is -0.118. The zero-order valence-corrected chi connectivity index (χ0v) is 11.9. The van der Waals surface area contributed by atoms with Crippen molar-refractivity contribution in [1.82, 2.24) is 0 Å². The molecule has 1 atom stereocenters. The van der Waals surface area contributed by atoms with Gasteiger partial charge in [-0.25, -0.2) is 0 Å². The molecule has 3 N–H and O–H groups in total. The molecule has 0 aliphatic rings. The molecule has 0 aromatic heterocycles. The summed E-state index contributed by atoms with van der Waals surface area (Å²) >= 11 is 4.88. The number of carbonyl (C=O) groups is 1. The van der Waals surface area contributed by atoms with Crippen LogP contribution in [0.5, 0.6) is 0 Å². The van der Waals surface area contributed by atoms with E-state index in [4.69, 9.17) is 18.0 Å². The summed E-state index contributed by atoms with van der Waals surface area (Å²) in [6.45, 7) is 6.16. The first-order chi connectivity index (χ1) is 8.45. The van der Waals surface area contributed by atoms with Crippen molar-refractivity contribution in [2.24, 2.45) is 11.7 Å². The zero-order valence-electron chi connectivity index (χ0n) is 11.1. The molecule has 18 heavy (non-hydrogen) atoms. The molecule has 0 aliphatic carbocycles. The van der Waals surface area contributed by atoms with Gasteiger partial charge in [0.1, 0.15) is 0 Å². The number of thiocarbonyl (C=S) groups is 1. The second-order valence-electron chi connectivity index (χ2n) is 4.63. The third kappa shape index (κ3) is 3.81. The SMILES string of the molecule is CCC(C(=O)Nc1ccc(C(C)C)cc1)C(N)=S. The molecular formula is C14H20N2OS. The molecule has 0 saturated heterocycles. The number of benzene rings is 1. The second kappa shape index (κ2) is 6.50. The Hall–Kier alpha value is -1.42. The fourth-order valence-corrected chi connectivity index (χ4v) is 1.97. The molecule has 98 valence electrons. The van der Waals surface area contributed by atoms with Gasteiger partial charge in [0.25, 0.3) is 0 Å². The topological polar surface area (TPSA) is 55.1 Å². The van der Waals surface area contributed by atoms with Gasteiger partial charge in [0.05, 0.1) is 10.9 Å². The largest absolute Gasteiger partial charge is 0.393 e. The number of anilines is 1. The van der Waals surface area contributed by atoms with Crippen molar-refractivity contribution in [1.29, 1.82) is 0 Å². The fraction of sp³-hybridized carbons (Fsp3) is 0.429. The van der Waals surface area contributed by atoms with E-state index in [0.29, 0.717) is 12.3 Å². The highest BCUT2D eigenvalue weighted by atomic mass is 32.1. The summed E-state index contributed by atoms with van der Waals surface area (Å²) in [5.41, 5.74) is 7.56. The van der Waals surface area contributed by atoms with Crippen LogP contribution in [-0.4, -0.2) is 10.9 Å². The van der Waals surface area contributed by atoms with Crippen molar-refractivity contribution in [2.45, 2.75) is 33.1 Å². The first kappa shape index (κ1) is 14.6. The quantitative estimate of drug-likeness (QED) is 0.804. The Bertz CT molecular complexity index is 426. The molecule has 3 nitrogen and oxygen atoms in total. The minimum Gasteiger partial charge on any atom is -0.393 e. The van der Waals surface area contributed by atoms with Crippen LogP contribution in [0.15, 0.2) is 24.3 Å². The highest BCUT2D eigenvalue weighted by Gasteiger charge is 2.19. The Morgan fingerprint density at radius 3 is 2.28 bits per heavy atom. The van der Waals surface area contributed by atoms with Crippen LogP contribution in [-0.2, 0) is 4.79 Å². The van der Waals surface area contributed by atoms with Crippen LogP contribution in [0.25, 0.3) is 0 Å². The van der Waals surface area contributed by atoms with Crippen LogP contribution in [0.1, 0.15) is 38.7 Å². The Labute approximate surface area is 114 Å². The van der Waals surface area contributed by atoms with E-state index >= 15 is 0 Å². The van der Waals surface area contributed by atoms with Crippen LogP contribution in [0.3, 0.4) is 0 Å². The lowest BCUT2D eigenvalue weighted by Crippen LogP contribution is -2.32. The van der Waals surface area contributed by atoms with E-state index in [0.717, 1.165) is 5.69 Å². The molecule has 0 heterocycles. The van der Waals surface area contributed by atoms with E-state index in [1.165, 1.54) is 5.56 Å². The third-order valence-corrected chi connectivity index (χ3v) is 3.20. The average molecular weight is 264 g/mol. The van der Waals surface area contributed by atoms with Crippen LogP contribution in [0, 0.1) is 5.92 Å². The van der Waals surface area contributed by atoms with E-state index in [1.54, 1.807) is 0 Å². The summed E-state index contributed by atoms with van der Waals surface area (Å²) < 4.78 is 0. The molecule has 1 rings (SSSR count). The number of hydrogen-bond donors (Lipinski definition) is 2. The van der Waals surface area contributed by atoms with E-state index in [2.05, 4.69) is 19.2 Å². The van der Waals surface area contributed by atoms with Crippen LogP contribution < -0.4 is 11.1 Å². The lowest BCUT2D eigenvalue weighted by atomic mass is 10.0. The van der Waals surface area contributed by atoms with Gasteiger partial charge < -0.3 is 11.1 Å². The summed E-state index contributed by atoms with van der Waals surface area (Å²) in [5, 5.41) is 2.83. The average Bonchev–Trinajstić information content (AvgIpc) is 2.29. The van der Waals surface area contributed by atoms with Gasteiger partial charge in [-0.15, -0.1) is 0 Å². The van der Waals surface area contributed by atoms with Crippen molar-refractivity contribution >= 4 is 28.8 Å². The van der Waals surface area contributed by atoms with Gasteiger partial charge in [-0.1, -0.05) is 45.1 Å². The molecule has 0 radical (unpaired) electrons. The van der Waals surface area contributed by atoms with Gasteiger partial charge in [-0.2, -0.15) is 0 Å². The lowest BCUT2D eigenvalue weighted by Gasteiger charge is -2.14. The number of rotatable bonds is 5. The predicted octanol–water partition coefficient (Wildman–Crippen LogP) is 3.06. The maximum Gasteiger partial charge on any atom is 0.234 e. The van der Waals surface area contributed by atoms with Gasteiger partial charge in [-0.05, 0) is 30.0 Å². The fourth-order valence-electron chi connectivity index (χ4n) is 1.70. The number of nitrogens with one attached hydrogen (secondary N) is 1. The molecule has 1 aromatic rings. The Morgan fingerprint density at radius 1 is 1.33 bits per heavy atom. The summed E-state index contributed by atoms with van der Waals surface area (Å²) in [6.07, 6.45) is 0.616. The molecular weight excluding hydrogens is 244 g/mol. The maximum atomic E-state index is 11.9. The van der Waals surface area contributed by atoms with Crippen molar-refractivity contribution in [3.05, 3.63) is 29.8 Å². The molecule has 1 amide bonds. The maximum absolute atomic E-state index is 11.9. The Kier molecular flexibility index (Phi) is 5.28. The number of amides is 1. The normalized spacial score (nSPS) is 12.2. The van der Waals surface area contributed by atoms with E-state index in [-0.39, 0.29) is 10.9 Å². The number of hydrogen-bond acceptors (Lipinski definition) is 2. The van der Waals surface area contributed by atoms with Gasteiger partial charge in [-0.3, -0.25) is 4.79 Å². The van der Waals surface area contributed by atoms with E-state index in [1.807, 2.05) is 31.2 Å². The second-order valence-corrected chi connectivity index (χ2v) is 5.10. The standard InChI is InChI=1S/C14H20N2OS/c1-4-12(13(15)18)14(17)16-11-7-5-10(6-8-11)9(2)3/h5-9,12H,4H2,1-3H3,(H2,15,18)(H,16,17). The minimum atomic E-state index is -0.398.